The number of methoxy groups -OCH3 is 1. The molecule has 27 heavy (non-hydrogen) atoms. The lowest BCUT2D eigenvalue weighted by Crippen LogP contribution is -2.49. The summed E-state index contributed by atoms with van der Waals surface area (Å²) < 4.78 is 38.2. The van der Waals surface area contributed by atoms with Crippen molar-refractivity contribution in [3.63, 3.8) is 0 Å². The van der Waals surface area contributed by atoms with Gasteiger partial charge in [0.15, 0.2) is 6.10 Å². The van der Waals surface area contributed by atoms with E-state index in [0.717, 1.165) is 10.4 Å². The van der Waals surface area contributed by atoms with Gasteiger partial charge in [-0.15, -0.1) is 0 Å². The summed E-state index contributed by atoms with van der Waals surface area (Å²) in [4.78, 5) is 22.5. The molecule has 2 aromatic carbocycles. The van der Waals surface area contributed by atoms with Gasteiger partial charge in [0, 0.05) is 0 Å². The Bertz CT molecular complexity index is 1020. The number of hydrogen-bond acceptors (Lipinski definition) is 6. The van der Waals surface area contributed by atoms with Gasteiger partial charge < -0.3 is 20.3 Å². The van der Waals surface area contributed by atoms with Gasteiger partial charge in [-0.2, -0.15) is 0 Å². The minimum Gasteiger partial charge on any atom is -0.495 e. The van der Waals surface area contributed by atoms with Gasteiger partial charge in [-0.3, -0.25) is 9.10 Å². The lowest BCUT2D eigenvalue weighted by atomic mass is 10.2. The fourth-order valence-electron chi connectivity index (χ4n) is 2.71. The van der Waals surface area contributed by atoms with E-state index in [2.05, 4.69) is 0 Å². The number of primary amides is 1. The largest absolute Gasteiger partial charge is 0.495 e. The van der Waals surface area contributed by atoms with Crippen molar-refractivity contribution in [2.45, 2.75) is 11.0 Å². The fourth-order valence-corrected chi connectivity index (χ4v) is 4.37. The van der Waals surface area contributed by atoms with E-state index in [9.17, 15) is 23.1 Å². The number of aromatic carboxylic acids is 1. The normalized spacial score (nSPS) is 16.2. The molecule has 0 bridgehead atoms. The number of nitrogens with zero attached hydrogens (tertiary/aromatic N) is 1. The summed E-state index contributed by atoms with van der Waals surface area (Å²) in [5.41, 5.74) is 5.29. The third-order valence-corrected chi connectivity index (χ3v) is 5.83. The first kappa shape index (κ1) is 18.5. The van der Waals surface area contributed by atoms with Gasteiger partial charge in [0.1, 0.15) is 16.4 Å². The average molecular weight is 392 g/mol. The molecule has 0 radical (unpaired) electrons. The molecule has 2 aromatic rings. The topological polar surface area (TPSA) is 136 Å². The zero-order valence-corrected chi connectivity index (χ0v) is 15.0. The number of amides is 1. The second kappa shape index (κ2) is 6.80. The number of carboxylic acid groups (broad SMARTS) is 1. The Morgan fingerprint density at radius 1 is 1.26 bits per heavy atom. The molecule has 3 N–H and O–H groups in total. The van der Waals surface area contributed by atoms with E-state index in [1.165, 1.54) is 31.4 Å². The fraction of sp³-hybridized carbons (Fsp3) is 0.176. The van der Waals surface area contributed by atoms with Gasteiger partial charge in [-0.05, 0) is 30.3 Å². The van der Waals surface area contributed by atoms with Crippen LogP contribution in [0.15, 0.2) is 47.4 Å². The number of hydrogen-bond donors (Lipinski definition) is 2. The third kappa shape index (κ3) is 3.26. The molecule has 1 heterocycles. The molecule has 142 valence electrons. The van der Waals surface area contributed by atoms with Gasteiger partial charge in [-0.25, -0.2) is 13.2 Å². The van der Waals surface area contributed by atoms with E-state index in [-0.39, 0.29) is 34.2 Å². The van der Waals surface area contributed by atoms with Crippen LogP contribution >= 0.6 is 0 Å². The lowest BCUT2D eigenvalue weighted by Gasteiger charge is -2.34. The molecule has 1 aliphatic heterocycles. The highest BCUT2D eigenvalue weighted by atomic mass is 32.2. The standard InChI is InChI=1S/C17H16N2O7S/c1-25-13-7-6-10(17(21)22)8-15(13)27(23,24)19-9-14(16(18)20)26-12-5-3-2-4-11(12)19/h2-8,14H,9H2,1H3,(H2,18,20)(H,21,22). The van der Waals surface area contributed by atoms with Crippen LogP contribution in [-0.4, -0.2) is 45.2 Å². The van der Waals surface area contributed by atoms with Gasteiger partial charge in [0.25, 0.3) is 15.9 Å². The first-order valence-corrected chi connectivity index (χ1v) is 9.18. The number of ether oxygens (including phenoxy) is 2. The lowest BCUT2D eigenvalue weighted by molar-refractivity contribution is -0.124. The summed E-state index contributed by atoms with van der Waals surface area (Å²) in [6.07, 6.45) is -1.19. The van der Waals surface area contributed by atoms with Crippen LogP contribution in [0.3, 0.4) is 0 Å². The third-order valence-electron chi connectivity index (χ3n) is 4.03. The van der Waals surface area contributed by atoms with Crippen molar-refractivity contribution < 1.29 is 32.6 Å². The SMILES string of the molecule is COc1ccc(C(=O)O)cc1S(=O)(=O)N1CC(C(N)=O)Oc2ccccc21. The molecule has 0 saturated carbocycles. The predicted octanol–water partition coefficient (Wildman–Crippen LogP) is 0.835. The Hall–Kier alpha value is -3.27. The van der Waals surface area contributed by atoms with Crippen molar-refractivity contribution in [2.24, 2.45) is 5.73 Å². The molecule has 10 heteroatoms. The molecular weight excluding hydrogens is 376 g/mol. The molecule has 1 aliphatic rings. The number of carbonyl (C=O) groups is 2. The number of nitrogens with two attached hydrogens (primary N) is 1. The highest BCUT2D eigenvalue weighted by Gasteiger charge is 2.38. The molecular formula is C17H16N2O7S. The summed E-state index contributed by atoms with van der Waals surface area (Å²) in [5, 5.41) is 9.19. The van der Waals surface area contributed by atoms with Crippen molar-refractivity contribution in [1.29, 1.82) is 0 Å². The van der Waals surface area contributed by atoms with Crippen LogP contribution in [0.5, 0.6) is 11.5 Å². The first-order chi connectivity index (χ1) is 12.8. The second-order valence-electron chi connectivity index (χ2n) is 5.68. The van der Waals surface area contributed by atoms with E-state index >= 15 is 0 Å². The van der Waals surface area contributed by atoms with Crippen LogP contribution in [0.2, 0.25) is 0 Å². The Morgan fingerprint density at radius 3 is 2.59 bits per heavy atom. The number of fused-ring (bicyclic) bond motifs is 1. The second-order valence-corrected chi connectivity index (χ2v) is 7.51. The molecule has 1 unspecified atom stereocenters. The number of anilines is 1. The number of carboxylic acids is 1. The molecule has 0 aliphatic carbocycles. The molecule has 1 atom stereocenters. The minimum absolute atomic E-state index is 0.0282. The van der Waals surface area contributed by atoms with Crippen molar-refractivity contribution in [2.75, 3.05) is 18.0 Å². The molecule has 0 saturated heterocycles. The maximum absolute atomic E-state index is 13.3. The summed E-state index contributed by atoms with van der Waals surface area (Å²) in [6, 6.07) is 9.76. The van der Waals surface area contributed by atoms with Crippen molar-refractivity contribution in [3.05, 3.63) is 48.0 Å². The Labute approximate surface area is 155 Å². The summed E-state index contributed by atoms with van der Waals surface area (Å²) in [7, 11) is -3.01. The van der Waals surface area contributed by atoms with E-state index in [1.54, 1.807) is 12.1 Å². The van der Waals surface area contributed by atoms with Gasteiger partial charge in [-0.1, -0.05) is 12.1 Å². The van der Waals surface area contributed by atoms with Gasteiger partial charge in [0.05, 0.1) is 24.9 Å². The number of sulfonamides is 1. The average Bonchev–Trinajstić information content (AvgIpc) is 2.66. The number of benzene rings is 2. The van der Waals surface area contributed by atoms with E-state index in [0.29, 0.717) is 0 Å². The van der Waals surface area contributed by atoms with Gasteiger partial charge in [0.2, 0.25) is 0 Å². The Balaban J connectivity index is 2.18. The maximum atomic E-state index is 13.3. The molecule has 0 fully saturated rings. The molecule has 1 amide bonds. The molecule has 9 nitrogen and oxygen atoms in total. The van der Waals surface area contributed by atoms with Crippen LogP contribution in [0, 0.1) is 0 Å². The molecule has 3 rings (SSSR count). The van der Waals surface area contributed by atoms with Crippen LogP contribution in [0.25, 0.3) is 0 Å². The Kier molecular flexibility index (Phi) is 4.66. The maximum Gasteiger partial charge on any atom is 0.335 e. The minimum atomic E-state index is -4.28. The van der Waals surface area contributed by atoms with E-state index in [1.807, 2.05) is 0 Å². The van der Waals surface area contributed by atoms with Crippen LogP contribution in [0.1, 0.15) is 10.4 Å². The quantitative estimate of drug-likeness (QED) is 0.769. The Morgan fingerprint density at radius 2 is 1.96 bits per heavy atom. The number of rotatable bonds is 5. The van der Waals surface area contributed by atoms with Crippen LogP contribution < -0.4 is 19.5 Å². The zero-order valence-electron chi connectivity index (χ0n) is 14.2. The van der Waals surface area contributed by atoms with E-state index < -0.39 is 28.0 Å². The number of para-hydroxylation sites is 2. The first-order valence-electron chi connectivity index (χ1n) is 7.74. The highest BCUT2D eigenvalue weighted by molar-refractivity contribution is 7.93. The van der Waals surface area contributed by atoms with Crippen molar-refractivity contribution in [1.82, 2.24) is 0 Å². The van der Waals surface area contributed by atoms with Crippen LogP contribution in [-0.2, 0) is 14.8 Å². The summed E-state index contributed by atoms with van der Waals surface area (Å²) >= 11 is 0. The highest BCUT2D eigenvalue weighted by Crippen LogP contribution is 2.38. The molecule has 0 spiro atoms. The number of carbonyl (C=O) groups excluding carboxylic acids is 1. The predicted molar refractivity (Wildman–Crippen MR) is 94.5 cm³/mol. The summed E-state index contributed by atoms with van der Waals surface area (Å²) in [6.45, 7) is -0.352. The summed E-state index contributed by atoms with van der Waals surface area (Å²) in [5.74, 6) is -1.97. The smallest absolute Gasteiger partial charge is 0.335 e. The van der Waals surface area contributed by atoms with E-state index in [4.69, 9.17) is 15.2 Å². The van der Waals surface area contributed by atoms with Crippen molar-refractivity contribution >= 4 is 27.6 Å². The van der Waals surface area contributed by atoms with Crippen LogP contribution in [0.4, 0.5) is 5.69 Å². The molecule has 0 aromatic heterocycles. The van der Waals surface area contributed by atoms with Crippen molar-refractivity contribution in [3.8, 4) is 11.5 Å². The zero-order chi connectivity index (χ0) is 19.8. The monoisotopic (exact) mass is 392 g/mol. The van der Waals surface area contributed by atoms with Gasteiger partial charge >= 0.3 is 5.97 Å².